The minimum Gasteiger partial charge on any atom is -0.493 e. The van der Waals surface area contributed by atoms with Gasteiger partial charge in [0.1, 0.15) is 6.10 Å². The number of amides is 2. The number of carboxylic acids is 1. The van der Waals surface area contributed by atoms with E-state index in [1.807, 2.05) is 18.2 Å². The number of hydrogen-bond donors (Lipinski definition) is 2. The molecule has 2 aliphatic rings. The molecule has 1 aromatic carbocycles. The van der Waals surface area contributed by atoms with Crippen molar-refractivity contribution in [2.45, 2.75) is 24.9 Å². The highest BCUT2D eigenvalue weighted by molar-refractivity contribution is 7.14. The summed E-state index contributed by atoms with van der Waals surface area (Å²) in [5.74, 6) is -0.569. The summed E-state index contributed by atoms with van der Waals surface area (Å²) in [6.07, 6.45) is 1.06. The monoisotopic (exact) mass is 461 g/mol. The number of likely N-dealkylation sites (tertiary alicyclic amines) is 1. The zero-order valence-electron chi connectivity index (χ0n) is 17.4. The van der Waals surface area contributed by atoms with Crippen molar-refractivity contribution in [3.05, 3.63) is 34.8 Å². The number of rotatable bonds is 8. The number of anilines is 1. The van der Waals surface area contributed by atoms with E-state index in [1.165, 1.54) is 10.3 Å². The van der Waals surface area contributed by atoms with E-state index in [-0.39, 0.29) is 41.7 Å². The Morgan fingerprint density at radius 3 is 2.91 bits per heavy atom. The number of nitrogens with one attached hydrogen (secondary N) is 1. The first kappa shape index (κ1) is 22.0. The van der Waals surface area contributed by atoms with Gasteiger partial charge < -0.3 is 29.5 Å². The molecule has 0 aliphatic carbocycles. The number of thiazole rings is 1. The number of ether oxygens (including phenoxy) is 3. The third kappa shape index (κ3) is 5.00. The molecule has 10 nitrogen and oxygen atoms in total. The third-order valence-corrected chi connectivity index (χ3v) is 6.12. The second-order valence-corrected chi connectivity index (χ2v) is 8.44. The van der Waals surface area contributed by atoms with Crippen LogP contribution in [0.15, 0.2) is 23.6 Å². The Labute approximate surface area is 188 Å². The highest BCUT2D eigenvalue weighted by Crippen LogP contribution is 2.36. The van der Waals surface area contributed by atoms with Crippen molar-refractivity contribution in [3.63, 3.8) is 0 Å². The topological polar surface area (TPSA) is 127 Å². The molecular weight excluding hydrogens is 438 g/mol. The van der Waals surface area contributed by atoms with E-state index in [4.69, 9.17) is 19.3 Å². The van der Waals surface area contributed by atoms with E-state index in [0.29, 0.717) is 31.3 Å². The van der Waals surface area contributed by atoms with E-state index in [2.05, 4.69) is 10.3 Å². The van der Waals surface area contributed by atoms with Crippen molar-refractivity contribution in [1.29, 1.82) is 0 Å². The van der Waals surface area contributed by atoms with Crippen LogP contribution in [0.25, 0.3) is 0 Å². The summed E-state index contributed by atoms with van der Waals surface area (Å²) in [7, 11) is 1.58. The molecule has 32 heavy (non-hydrogen) atoms. The lowest BCUT2D eigenvalue weighted by Gasteiger charge is -2.18. The smallest absolute Gasteiger partial charge is 0.355 e. The highest BCUT2D eigenvalue weighted by atomic mass is 32.1. The molecule has 0 spiro atoms. The summed E-state index contributed by atoms with van der Waals surface area (Å²) >= 11 is 1.02. The van der Waals surface area contributed by atoms with Gasteiger partial charge in [-0.3, -0.25) is 9.59 Å². The molecule has 4 rings (SSSR count). The van der Waals surface area contributed by atoms with Gasteiger partial charge >= 0.3 is 5.97 Å². The fourth-order valence-corrected chi connectivity index (χ4v) is 4.44. The molecule has 2 saturated heterocycles. The fraction of sp³-hybridized carbons (Fsp3) is 0.429. The quantitative estimate of drug-likeness (QED) is 0.611. The van der Waals surface area contributed by atoms with E-state index in [1.54, 1.807) is 7.11 Å². The van der Waals surface area contributed by atoms with Crippen LogP contribution in [-0.4, -0.2) is 72.3 Å². The van der Waals surface area contributed by atoms with Gasteiger partial charge in [-0.1, -0.05) is 6.07 Å². The Morgan fingerprint density at radius 1 is 1.38 bits per heavy atom. The molecule has 0 saturated carbocycles. The molecule has 0 unspecified atom stereocenters. The normalized spacial score (nSPS) is 20.4. The van der Waals surface area contributed by atoms with Gasteiger partial charge in [0.05, 0.1) is 26.9 Å². The first-order chi connectivity index (χ1) is 15.4. The van der Waals surface area contributed by atoms with Crippen molar-refractivity contribution in [1.82, 2.24) is 9.88 Å². The SMILES string of the molecule is COc1ccc([C@@H]2CC(=O)N(CC(=O)Nc3nc(C(=O)O)cs3)C2)cc1O[C@@H]1CCOC1. The largest absolute Gasteiger partial charge is 0.493 e. The lowest BCUT2D eigenvalue weighted by molar-refractivity contribution is -0.131. The second-order valence-electron chi connectivity index (χ2n) is 7.58. The number of carboxylic acid groups (broad SMARTS) is 1. The van der Waals surface area contributed by atoms with Crippen LogP contribution in [0.3, 0.4) is 0 Å². The van der Waals surface area contributed by atoms with Gasteiger partial charge in [0.15, 0.2) is 22.3 Å². The Bertz CT molecular complexity index is 1020. The van der Waals surface area contributed by atoms with E-state index in [0.717, 1.165) is 23.3 Å². The van der Waals surface area contributed by atoms with Crippen molar-refractivity contribution in [2.24, 2.45) is 0 Å². The summed E-state index contributed by atoms with van der Waals surface area (Å²) in [4.78, 5) is 41.1. The standard InChI is InChI=1S/C21H23N3O7S/c1-29-16-3-2-12(6-17(16)31-14-4-5-30-10-14)13-7-19(26)24(8-13)9-18(25)23-21-22-15(11-32-21)20(27)28/h2-3,6,11,13-14H,4-5,7-10H2,1H3,(H,27,28)(H,22,23,25)/t13-,14-/m1/s1. The van der Waals surface area contributed by atoms with Crippen molar-refractivity contribution >= 4 is 34.3 Å². The first-order valence-electron chi connectivity index (χ1n) is 10.1. The summed E-state index contributed by atoms with van der Waals surface area (Å²) in [5.41, 5.74) is 0.798. The third-order valence-electron chi connectivity index (χ3n) is 5.36. The number of aromatic nitrogens is 1. The molecule has 2 fully saturated rings. The zero-order valence-corrected chi connectivity index (χ0v) is 18.2. The van der Waals surface area contributed by atoms with Crippen LogP contribution in [0, 0.1) is 0 Å². The first-order valence-corrected chi connectivity index (χ1v) is 11.0. The van der Waals surface area contributed by atoms with Crippen LogP contribution in [0.2, 0.25) is 0 Å². The van der Waals surface area contributed by atoms with Crippen LogP contribution >= 0.6 is 11.3 Å². The van der Waals surface area contributed by atoms with Gasteiger partial charge in [-0.15, -0.1) is 11.3 Å². The Morgan fingerprint density at radius 2 is 2.22 bits per heavy atom. The highest BCUT2D eigenvalue weighted by Gasteiger charge is 2.32. The Hall–Kier alpha value is -3.18. The minimum absolute atomic E-state index is 0.0305. The minimum atomic E-state index is -1.16. The molecule has 2 aromatic rings. The van der Waals surface area contributed by atoms with Crippen molar-refractivity contribution in [3.8, 4) is 11.5 Å². The molecule has 0 radical (unpaired) electrons. The number of hydrogen-bond acceptors (Lipinski definition) is 8. The maximum atomic E-state index is 12.5. The summed E-state index contributed by atoms with van der Waals surface area (Å²) in [6, 6.07) is 5.62. The van der Waals surface area contributed by atoms with E-state index in [9.17, 15) is 14.4 Å². The maximum Gasteiger partial charge on any atom is 0.355 e. The molecule has 0 bridgehead atoms. The zero-order chi connectivity index (χ0) is 22.7. The maximum absolute atomic E-state index is 12.5. The lowest BCUT2D eigenvalue weighted by Crippen LogP contribution is -2.34. The molecule has 2 atom stereocenters. The number of carbonyl (C=O) groups is 3. The average molecular weight is 461 g/mol. The number of methoxy groups -OCH3 is 1. The molecular formula is C21H23N3O7S. The predicted octanol–water partition coefficient (Wildman–Crippen LogP) is 1.97. The number of carbonyl (C=O) groups excluding carboxylic acids is 2. The molecule has 2 amide bonds. The predicted molar refractivity (Wildman–Crippen MR) is 114 cm³/mol. The Kier molecular flexibility index (Phi) is 6.56. The summed E-state index contributed by atoms with van der Waals surface area (Å²) in [6.45, 7) is 1.46. The van der Waals surface area contributed by atoms with Crippen LogP contribution < -0.4 is 14.8 Å². The summed E-state index contributed by atoms with van der Waals surface area (Å²) < 4.78 is 16.8. The van der Waals surface area contributed by atoms with Gasteiger partial charge in [-0.2, -0.15) is 0 Å². The van der Waals surface area contributed by atoms with Crippen molar-refractivity contribution < 1.29 is 33.7 Å². The van der Waals surface area contributed by atoms with E-state index >= 15 is 0 Å². The van der Waals surface area contributed by atoms with Gasteiger partial charge in [0, 0.05) is 30.7 Å². The molecule has 2 aliphatic heterocycles. The van der Waals surface area contributed by atoms with E-state index < -0.39 is 11.9 Å². The number of aromatic carboxylic acids is 1. The number of benzene rings is 1. The molecule has 11 heteroatoms. The molecule has 2 N–H and O–H groups in total. The van der Waals surface area contributed by atoms with Crippen LogP contribution in [0.4, 0.5) is 5.13 Å². The van der Waals surface area contributed by atoms with Crippen LogP contribution in [-0.2, 0) is 14.3 Å². The van der Waals surface area contributed by atoms with Crippen LogP contribution in [0.1, 0.15) is 34.8 Å². The molecule has 3 heterocycles. The molecule has 170 valence electrons. The second kappa shape index (κ2) is 9.53. The van der Waals surface area contributed by atoms with Crippen LogP contribution in [0.5, 0.6) is 11.5 Å². The molecule has 1 aromatic heterocycles. The van der Waals surface area contributed by atoms with Crippen molar-refractivity contribution in [2.75, 3.05) is 38.7 Å². The van der Waals surface area contributed by atoms with Gasteiger partial charge in [-0.25, -0.2) is 9.78 Å². The fourth-order valence-electron chi connectivity index (χ4n) is 3.73. The number of nitrogens with zero attached hydrogens (tertiary/aromatic N) is 2. The van der Waals surface area contributed by atoms with Gasteiger partial charge in [-0.05, 0) is 17.7 Å². The lowest BCUT2D eigenvalue weighted by atomic mass is 9.98. The Balaban J connectivity index is 1.39. The summed E-state index contributed by atoms with van der Waals surface area (Å²) in [5, 5.41) is 13.0. The van der Waals surface area contributed by atoms with Gasteiger partial charge in [0.25, 0.3) is 0 Å². The van der Waals surface area contributed by atoms with Gasteiger partial charge in [0.2, 0.25) is 11.8 Å². The average Bonchev–Trinajstić information content (AvgIpc) is 3.51.